The lowest BCUT2D eigenvalue weighted by Gasteiger charge is -2.37. The highest BCUT2D eigenvalue weighted by Gasteiger charge is 2.55. The minimum atomic E-state index is -0.925. The van der Waals surface area contributed by atoms with Crippen LogP contribution in [0.4, 0.5) is 11.5 Å². The number of nitrogens with one attached hydrogen (secondary N) is 3. The lowest BCUT2D eigenvalue weighted by molar-refractivity contribution is -0.126. The molecule has 1 fully saturated rings. The molecule has 0 bridgehead atoms. The highest BCUT2D eigenvalue weighted by Crippen LogP contribution is 2.51. The number of anilines is 2. The number of aromatic amines is 1. The summed E-state index contributed by atoms with van der Waals surface area (Å²) < 4.78 is 0.791. The molecule has 2 atom stereocenters. The van der Waals surface area contributed by atoms with Crippen molar-refractivity contribution >= 4 is 55.9 Å². The van der Waals surface area contributed by atoms with Gasteiger partial charge in [0.1, 0.15) is 12.4 Å². The second-order valence-corrected chi connectivity index (χ2v) is 10.2. The van der Waals surface area contributed by atoms with E-state index in [9.17, 15) is 14.4 Å². The summed E-state index contributed by atoms with van der Waals surface area (Å²) in [7, 11) is 0. The highest BCUT2D eigenvalue weighted by atomic mass is 79.9. The fourth-order valence-electron chi connectivity index (χ4n) is 5.49. The number of halogens is 1. The van der Waals surface area contributed by atoms with E-state index in [2.05, 4.69) is 41.7 Å². The molecule has 4 heterocycles. The average molecular weight is 559 g/mol. The van der Waals surface area contributed by atoms with Crippen LogP contribution in [0.5, 0.6) is 0 Å². The largest absolute Gasteiger partial charge is 0.309 e. The molecule has 2 aromatic heterocycles. The maximum Gasteiger partial charge on any atom is 0.245 e. The number of fused-ring (bicyclic) bond motifs is 3. The molecule has 9 nitrogen and oxygen atoms in total. The van der Waals surface area contributed by atoms with Gasteiger partial charge in [0.05, 0.1) is 23.2 Å². The number of Topliss-reactive ketones (excluding diaryl/α,β-unsaturated/α-hetero) is 1. The van der Waals surface area contributed by atoms with Crippen molar-refractivity contribution in [1.29, 1.82) is 0 Å². The minimum Gasteiger partial charge on any atom is -0.309 e. The summed E-state index contributed by atoms with van der Waals surface area (Å²) in [6.45, 7) is 0.342. The zero-order valence-corrected chi connectivity index (χ0v) is 21.3. The lowest BCUT2D eigenvalue weighted by atomic mass is 9.70. The fraction of sp³-hybridized carbons (Fsp3) is 0.222. The monoisotopic (exact) mass is 558 g/mol. The molecule has 4 aromatic rings. The van der Waals surface area contributed by atoms with E-state index >= 15 is 0 Å². The third kappa shape index (κ3) is 4.02. The van der Waals surface area contributed by atoms with Crippen molar-refractivity contribution in [2.45, 2.75) is 24.3 Å². The molecule has 1 saturated heterocycles. The van der Waals surface area contributed by atoms with Gasteiger partial charge >= 0.3 is 0 Å². The molecule has 10 heteroatoms. The number of H-pyrrole nitrogens is 1. The zero-order chi connectivity index (χ0) is 25.6. The average Bonchev–Trinajstić information content (AvgIpc) is 3.47. The molecule has 1 unspecified atom stereocenters. The van der Waals surface area contributed by atoms with E-state index in [1.165, 1.54) is 4.90 Å². The smallest absolute Gasteiger partial charge is 0.245 e. The number of aromatic nitrogens is 3. The highest BCUT2D eigenvalue weighted by molar-refractivity contribution is 9.10. The molecule has 0 radical (unpaired) electrons. The van der Waals surface area contributed by atoms with Crippen molar-refractivity contribution < 1.29 is 14.4 Å². The molecule has 0 saturated carbocycles. The van der Waals surface area contributed by atoms with Crippen molar-refractivity contribution in [3.63, 3.8) is 0 Å². The summed E-state index contributed by atoms with van der Waals surface area (Å²) in [4.78, 5) is 46.2. The number of ketones is 1. The molecule has 2 aliphatic heterocycles. The van der Waals surface area contributed by atoms with Crippen LogP contribution < -0.4 is 15.5 Å². The van der Waals surface area contributed by atoms with Gasteiger partial charge < -0.3 is 15.5 Å². The van der Waals surface area contributed by atoms with Crippen LogP contribution >= 0.6 is 15.9 Å². The first-order chi connectivity index (χ1) is 18.0. The van der Waals surface area contributed by atoms with Gasteiger partial charge in [0.2, 0.25) is 11.8 Å². The molecule has 2 aromatic carbocycles. The van der Waals surface area contributed by atoms with Gasteiger partial charge in [-0.25, -0.2) is 4.98 Å². The SMILES string of the molecule is O=C(CN1C(=O)C2(CCN[C@@H](C(=O)c3ccc4[nH]ncc4c3)C2)c2c(Br)cccc21)Nc1ccccn1. The topological polar surface area (TPSA) is 120 Å². The first-order valence-corrected chi connectivity index (χ1v) is 12.8. The van der Waals surface area contributed by atoms with Crippen molar-refractivity contribution in [3.8, 4) is 0 Å². The van der Waals surface area contributed by atoms with Crippen LogP contribution in [0.1, 0.15) is 28.8 Å². The number of carbonyl (C=O) groups is 3. The van der Waals surface area contributed by atoms with Gasteiger partial charge in [0.25, 0.3) is 0 Å². The molecular formula is C27H23BrN6O3. The predicted molar refractivity (Wildman–Crippen MR) is 142 cm³/mol. The summed E-state index contributed by atoms with van der Waals surface area (Å²) in [5, 5.41) is 13.9. The minimum absolute atomic E-state index is 0.0741. The van der Waals surface area contributed by atoms with Crippen LogP contribution in [0.25, 0.3) is 10.9 Å². The van der Waals surface area contributed by atoms with Crippen LogP contribution in [0, 0.1) is 0 Å². The van der Waals surface area contributed by atoms with Crippen molar-refractivity contribution in [3.05, 3.63) is 82.6 Å². The van der Waals surface area contributed by atoms with Gasteiger partial charge in [-0.05, 0) is 61.9 Å². The summed E-state index contributed by atoms with van der Waals surface area (Å²) in [5.41, 5.74) is 2.01. The molecule has 6 rings (SSSR count). The normalized spacial score (nSPS) is 20.8. The maximum atomic E-state index is 14.1. The number of pyridine rings is 1. The van der Waals surface area contributed by atoms with Crippen molar-refractivity contribution in [1.82, 2.24) is 20.5 Å². The first-order valence-electron chi connectivity index (χ1n) is 12.0. The van der Waals surface area contributed by atoms with Gasteiger partial charge in [-0.1, -0.05) is 28.1 Å². The number of hydrogen-bond donors (Lipinski definition) is 3. The molecule has 3 N–H and O–H groups in total. The summed E-state index contributed by atoms with van der Waals surface area (Å²) >= 11 is 3.65. The second kappa shape index (κ2) is 9.20. The number of piperidine rings is 1. The Morgan fingerprint density at radius 1 is 1.16 bits per heavy atom. The number of nitrogens with zero attached hydrogens (tertiary/aromatic N) is 3. The Labute approximate surface area is 220 Å². The van der Waals surface area contributed by atoms with Crippen LogP contribution in [-0.4, -0.2) is 51.9 Å². The van der Waals surface area contributed by atoms with Crippen LogP contribution in [0.15, 0.2) is 71.5 Å². The molecule has 37 heavy (non-hydrogen) atoms. The summed E-state index contributed by atoms with van der Waals surface area (Å²) in [6, 6.07) is 15.7. The number of carbonyl (C=O) groups excluding carboxylic acids is 3. The van der Waals surface area contributed by atoms with Crippen molar-refractivity contribution in [2.75, 3.05) is 23.3 Å². The quantitative estimate of drug-likeness (QED) is 0.322. The fourth-order valence-corrected chi connectivity index (χ4v) is 6.23. The number of amides is 2. The third-order valence-corrected chi connectivity index (χ3v) is 7.85. The van der Waals surface area contributed by atoms with Crippen LogP contribution in [0.3, 0.4) is 0 Å². The van der Waals surface area contributed by atoms with E-state index in [4.69, 9.17) is 0 Å². The Bertz CT molecular complexity index is 1540. The van der Waals surface area contributed by atoms with Gasteiger partial charge in [-0.2, -0.15) is 5.10 Å². The Morgan fingerprint density at radius 3 is 2.89 bits per heavy atom. The molecule has 0 aliphatic carbocycles. The zero-order valence-electron chi connectivity index (χ0n) is 19.7. The van der Waals surface area contributed by atoms with Crippen LogP contribution in [0.2, 0.25) is 0 Å². The van der Waals surface area contributed by atoms with Gasteiger partial charge in [-0.15, -0.1) is 0 Å². The first kappa shape index (κ1) is 23.5. The predicted octanol–water partition coefficient (Wildman–Crippen LogP) is 3.58. The summed E-state index contributed by atoms with van der Waals surface area (Å²) in [6.07, 6.45) is 4.09. The molecule has 1 spiro atoms. The van der Waals surface area contributed by atoms with E-state index in [0.717, 1.165) is 20.9 Å². The Balaban J connectivity index is 1.31. The molecule has 2 amide bonds. The standard InChI is InChI=1S/C27H23BrN6O3/c28-18-4-3-5-21-24(18)27(26(37)34(21)15-23(35)32-22-6-1-2-10-30-22)9-11-29-20(13-27)25(36)16-7-8-19-17(12-16)14-31-33-19/h1-8,10,12,14,20,29H,9,11,13,15H2,(H,31,33)(H,30,32,35)/t20-,27?/m1/s1. The van der Waals surface area contributed by atoms with Crippen molar-refractivity contribution in [2.24, 2.45) is 0 Å². The Hall–Kier alpha value is -3.89. The Morgan fingerprint density at radius 2 is 2.05 bits per heavy atom. The van der Waals surface area contributed by atoms with Crippen LogP contribution in [-0.2, 0) is 15.0 Å². The van der Waals surface area contributed by atoms with E-state index in [1.54, 1.807) is 36.7 Å². The molecule has 2 aliphatic rings. The molecule has 186 valence electrons. The van der Waals surface area contributed by atoms with Gasteiger partial charge in [0, 0.05) is 32.9 Å². The van der Waals surface area contributed by atoms with Gasteiger partial charge in [0.15, 0.2) is 5.78 Å². The second-order valence-electron chi connectivity index (χ2n) is 9.37. The molecular weight excluding hydrogens is 536 g/mol. The maximum absolute atomic E-state index is 14.1. The summed E-state index contributed by atoms with van der Waals surface area (Å²) in [5.74, 6) is -0.166. The van der Waals surface area contributed by atoms with Gasteiger partial charge in [-0.3, -0.25) is 19.5 Å². The number of hydrogen-bond acceptors (Lipinski definition) is 6. The third-order valence-electron chi connectivity index (χ3n) is 7.19. The lowest BCUT2D eigenvalue weighted by Crippen LogP contribution is -2.54. The van der Waals surface area contributed by atoms with E-state index < -0.39 is 11.5 Å². The Kier molecular flexibility index (Phi) is 5.85. The number of benzene rings is 2. The van der Waals surface area contributed by atoms with E-state index in [1.807, 2.05) is 30.3 Å². The van der Waals surface area contributed by atoms with E-state index in [-0.39, 0.29) is 24.1 Å². The van der Waals surface area contributed by atoms with E-state index in [0.29, 0.717) is 36.5 Å². The number of rotatable bonds is 5.